The Morgan fingerprint density at radius 2 is 1.86 bits per heavy atom. The quantitative estimate of drug-likeness (QED) is 0.878. The second-order valence-electron chi connectivity index (χ2n) is 4.97. The normalized spacial score (nSPS) is 12.2. The number of rotatable bonds is 3. The van der Waals surface area contributed by atoms with Gasteiger partial charge in [-0.3, -0.25) is 4.79 Å². The van der Waals surface area contributed by atoms with Gasteiger partial charge < -0.3 is 20.1 Å². The highest BCUT2D eigenvalue weighted by atomic mass is 16.7. The number of nitrogens with two attached hydrogens (primary N) is 1. The van der Waals surface area contributed by atoms with Gasteiger partial charge in [-0.15, -0.1) is 0 Å². The van der Waals surface area contributed by atoms with Gasteiger partial charge >= 0.3 is 0 Å². The average molecular weight is 284 g/mol. The van der Waals surface area contributed by atoms with Crippen LogP contribution in [0.5, 0.6) is 11.5 Å². The number of anilines is 1. The molecule has 5 heteroatoms. The molecular weight excluding hydrogens is 268 g/mol. The van der Waals surface area contributed by atoms with E-state index in [2.05, 4.69) is 0 Å². The van der Waals surface area contributed by atoms with Crippen LogP contribution in [0.15, 0.2) is 42.5 Å². The summed E-state index contributed by atoms with van der Waals surface area (Å²) >= 11 is 0. The molecule has 21 heavy (non-hydrogen) atoms. The van der Waals surface area contributed by atoms with E-state index in [1.807, 2.05) is 18.2 Å². The Bertz CT molecular complexity index is 668. The van der Waals surface area contributed by atoms with Crippen molar-refractivity contribution in [1.29, 1.82) is 0 Å². The number of carbonyl (C=O) groups is 1. The summed E-state index contributed by atoms with van der Waals surface area (Å²) < 4.78 is 10.6. The number of amides is 1. The van der Waals surface area contributed by atoms with Crippen LogP contribution in [0, 0.1) is 0 Å². The number of benzene rings is 2. The monoisotopic (exact) mass is 284 g/mol. The standard InChI is InChI=1S/C16H16N2O3/c1-18(16(19)12-3-5-13(17)6-4-12)9-11-2-7-14-15(8-11)21-10-20-14/h2-8H,9-10,17H2,1H3. The van der Waals surface area contributed by atoms with E-state index in [1.54, 1.807) is 36.2 Å². The van der Waals surface area contributed by atoms with Crippen molar-refractivity contribution in [3.05, 3.63) is 53.6 Å². The Hall–Kier alpha value is -2.69. The minimum absolute atomic E-state index is 0.0485. The molecule has 1 aliphatic rings. The molecule has 0 saturated carbocycles. The fourth-order valence-electron chi connectivity index (χ4n) is 2.23. The van der Waals surface area contributed by atoms with Gasteiger partial charge in [0.1, 0.15) is 0 Å². The SMILES string of the molecule is CN(Cc1ccc2c(c1)OCO2)C(=O)c1ccc(N)cc1. The van der Waals surface area contributed by atoms with Gasteiger partial charge in [-0.2, -0.15) is 0 Å². The second-order valence-corrected chi connectivity index (χ2v) is 4.97. The predicted octanol–water partition coefficient (Wildman–Crippen LogP) is 2.27. The Balaban J connectivity index is 1.72. The van der Waals surface area contributed by atoms with Crippen molar-refractivity contribution in [3.8, 4) is 11.5 Å². The van der Waals surface area contributed by atoms with Crippen LogP contribution >= 0.6 is 0 Å². The van der Waals surface area contributed by atoms with Gasteiger partial charge in [0, 0.05) is 24.8 Å². The zero-order chi connectivity index (χ0) is 14.8. The van der Waals surface area contributed by atoms with Crippen molar-refractivity contribution < 1.29 is 14.3 Å². The van der Waals surface area contributed by atoms with E-state index in [4.69, 9.17) is 15.2 Å². The van der Waals surface area contributed by atoms with Crippen molar-refractivity contribution >= 4 is 11.6 Å². The average Bonchev–Trinajstić information content (AvgIpc) is 2.95. The second kappa shape index (κ2) is 5.36. The lowest BCUT2D eigenvalue weighted by atomic mass is 10.1. The molecule has 2 N–H and O–H groups in total. The highest BCUT2D eigenvalue weighted by Crippen LogP contribution is 2.32. The van der Waals surface area contributed by atoms with Gasteiger partial charge in [0.2, 0.25) is 6.79 Å². The van der Waals surface area contributed by atoms with Gasteiger partial charge in [-0.25, -0.2) is 0 Å². The number of hydrogen-bond donors (Lipinski definition) is 1. The van der Waals surface area contributed by atoms with Crippen molar-refractivity contribution in [2.45, 2.75) is 6.54 Å². The van der Waals surface area contributed by atoms with Crippen LogP contribution in [0.2, 0.25) is 0 Å². The van der Waals surface area contributed by atoms with Crippen LogP contribution in [0.3, 0.4) is 0 Å². The van der Waals surface area contributed by atoms with E-state index >= 15 is 0 Å². The van der Waals surface area contributed by atoms with E-state index < -0.39 is 0 Å². The smallest absolute Gasteiger partial charge is 0.253 e. The highest BCUT2D eigenvalue weighted by Gasteiger charge is 2.16. The molecule has 5 nitrogen and oxygen atoms in total. The maximum absolute atomic E-state index is 12.3. The summed E-state index contributed by atoms with van der Waals surface area (Å²) in [5.74, 6) is 1.42. The van der Waals surface area contributed by atoms with E-state index in [-0.39, 0.29) is 12.7 Å². The molecule has 1 heterocycles. The first-order chi connectivity index (χ1) is 10.1. The van der Waals surface area contributed by atoms with Crippen LogP contribution in [-0.4, -0.2) is 24.6 Å². The van der Waals surface area contributed by atoms with Crippen LogP contribution < -0.4 is 15.2 Å². The van der Waals surface area contributed by atoms with Gasteiger partial charge in [0.25, 0.3) is 5.91 Å². The summed E-state index contributed by atoms with van der Waals surface area (Å²) in [6, 6.07) is 12.6. The molecular formula is C16H16N2O3. The lowest BCUT2D eigenvalue weighted by molar-refractivity contribution is 0.0785. The zero-order valence-electron chi connectivity index (χ0n) is 11.7. The van der Waals surface area contributed by atoms with Gasteiger partial charge in [0.05, 0.1) is 0 Å². The van der Waals surface area contributed by atoms with Crippen LogP contribution in [0.1, 0.15) is 15.9 Å². The van der Waals surface area contributed by atoms with E-state index in [0.29, 0.717) is 17.8 Å². The first-order valence-corrected chi connectivity index (χ1v) is 6.63. The molecule has 0 spiro atoms. The van der Waals surface area contributed by atoms with Crippen molar-refractivity contribution in [1.82, 2.24) is 4.90 Å². The fraction of sp³-hybridized carbons (Fsp3) is 0.188. The first-order valence-electron chi connectivity index (χ1n) is 6.63. The van der Waals surface area contributed by atoms with Gasteiger partial charge in [0.15, 0.2) is 11.5 Å². The van der Waals surface area contributed by atoms with Crippen molar-refractivity contribution in [3.63, 3.8) is 0 Å². The molecule has 0 fully saturated rings. The molecule has 0 saturated heterocycles. The maximum Gasteiger partial charge on any atom is 0.253 e. The van der Waals surface area contributed by atoms with E-state index in [1.165, 1.54) is 0 Å². The Morgan fingerprint density at radius 3 is 2.62 bits per heavy atom. The highest BCUT2D eigenvalue weighted by molar-refractivity contribution is 5.94. The topological polar surface area (TPSA) is 64.8 Å². The predicted molar refractivity (Wildman–Crippen MR) is 79.2 cm³/mol. The third-order valence-electron chi connectivity index (χ3n) is 3.36. The van der Waals surface area contributed by atoms with Crippen LogP contribution in [0.25, 0.3) is 0 Å². The summed E-state index contributed by atoms with van der Waals surface area (Å²) in [4.78, 5) is 14.0. The van der Waals surface area contributed by atoms with Crippen molar-refractivity contribution in [2.24, 2.45) is 0 Å². The third kappa shape index (κ3) is 2.76. The third-order valence-corrected chi connectivity index (χ3v) is 3.36. The summed E-state index contributed by atoms with van der Waals surface area (Å²) in [5.41, 5.74) is 7.88. The van der Waals surface area contributed by atoms with E-state index in [9.17, 15) is 4.79 Å². The Labute approximate surface area is 122 Å². The lowest BCUT2D eigenvalue weighted by Crippen LogP contribution is -2.26. The maximum atomic E-state index is 12.3. The lowest BCUT2D eigenvalue weighted by Gasteiger charge is -2.17. The Kier molecular flexibility index (Phi) is 3.39. The summed E-state index contributed by atoms with van der Waals surface area (Å²) in [6.07, 6.45) is 0. The molecule has 2 aromatic carbocycles. The largest absolute Gasteiger partial charge is 0.454 e. The summed E-state index contributed by atoms with van der Waals surface area (Å²) in [5, 5.41) is 0. The zero-order valence-corrected chi connectivity index (χ0v) is 11.7. The van der Waals surface area contributed by atoms with Crippen LogP contribution in [0.4, 0.5) is 5.69 Å². The van der Waals surface area contributed by atoms with Crippen LogP contribution in [-0.2, 0) is 6.54 Å². The number of carbonyl (C=O) groups excluding carboxylic acids is 1. The van der Waals surface area contributed by atoms with Crippen molar-refractivity contribution in [2.75, 3.05) is 19.6 Å². The summed E-state index contributed by atoms with van der Waals surface area (Å²) in [7, 11) is 1.77. The van der Waals surface area contributed by atoms with Gasteiger partial charge in [-0.05, 0) is 42.0 Å². The number of hydrogen-bond acceptors (Lipinski definition) is 4. The molecule has 1 aliphatic heterocycles. The molecule has 0 aromatic heterocycles. The minimum Gasteiger partial charge on any atom is -0.454 e. The molecule has 0 unspecified atom stereocenters. The fourth-order valence-corrected chi connectivity index (χ4v) is 2.23. The number of nitrogen functional groups attached to an aromatic ring is 1. The molecule has 1 amide bonds. The molecule has 0 aliphatic carbocycles. The molecule has 2 aromatic rings. The van der Waals surface area contributed by atoms with E-state index in [0.717, 1.165) is 17.1 Å². The number of ether oxygens (including phenoxy) is 2. The van der Waals surface area contributed by atoms with Gasteiger partial charge in [-0.1, -0.05) is 6.07 Å². The molecule has 3 rings (SSSR count). The molecule has 0 radical (unpaired) electrons. The molecule has 0 bridgehead atoms. The summed E-state index contributed by atoms with van der Waals surface area (Å²) in [6.45, 7) is 0.749. The number of fused-ring (bicyclic) bond motifs is 1. The molecule has 108 valence electrons. The minimum atomic E-state index is -0.0485. The first kappa shape index (κ1) is 13.3. The molecule has 0 atom stereocenters. The Morgan fingerprint density at radius 1 is 1.14 bits per heavy atom. The number of nitrogens with zero attached hydrogens (tertiary/aromatic N) is 1.